The van der Waals surface area contributed by atoms with E-state index in [1.54, 1.807) is 0 Å². The van der Waals surface area contributed by atoms with Gasteiger partial charge in [-0.3, -0.25) is 4.99 Å². The molecule has 0 amide bonds. The Bertz CT molecular complexity index is 257. The van der Waals surface area contributed by atoms with Crippen LogP contribution in [-0.2, 0) is 4.74 Å². The Balaban J connectivity index is 1.97. The molecule has 0 spiro atoms. The van der Waals surface area contributed by atoms with Crippen molar-refractivity contribution in [3.8, 4) is 0 Å². The van der Waals surface area contributed by atoms with Crippen molar-refractivity contribution in [2.75, 3.05) is 46.9 Å². The lowest BCUT2D eigenvalue weighted by Gasteiger charge is -2.12. The first-order valence-electron chi connectivity index (χ1n) is 6.75. The van der Waals surface area contributed by atoms with Crippen molar-refractivity contribution in [2.24, 2.45) is 10.9 Å². The molecule has 0 saturated carbocycles. The zero-order chi connectivity index (χ0) is 13.4. The molecule has 1 unspecified atom stereocenters. The highest BCUT2D eigenvalue weighted by atomic mass is 32.2. The number of aliphatic imine (C=N–C) groups is 1. The lowest BCUT2D eigenvalue weighted by atomic mass is 10.1. The highest BCUT2D eigenvalue weighted by molar-refractivity contribution is 8.14. The lowest BCUT2D eigenvalue weighted by Crippen LogP contribution is -2.26. The Morgan fingerprint density at radius 1 is 1.44 bits per heavy atom. The third kappa shape index (κ3) is 7.24. The van der Waals surface area contributed by atoms with Gasteiger partial charge in [0.25, 0.3) is 0 Å². The number of hydrogen-bond acceptors (Lipinski definition) is 5. The Morgan fingerprint density at radius 2 is 2.22 bits per heavy atom. The van der Waals surface area contributed by atoms with Gasteiger partial charge in [0.05, 0.1) is 19.8 Å². The first kappa shape index (κ1) is 15.8. The van der Waals surface area contributed by atoms with E-state index in [9.17, 15) is 0 Å². The van der Waals surface area contributed by atoms with Gasteiger partial charge in [-0.15, -0.1) is 0 Å². The fraction of sp³-hybridized carbons (Fsp3) is 0.923. The maximum atomic E-state index is 5.53. The summed E-state index contributed by atoms with van der Waals surface area (Å²) in [6.07, 6.45) is 1.25. The molecule has 0 bridgehead atoms. The van der Waals surface area contributed by atoms with Gasteiger partial charge >= 0.3 is 0 Å². The van der Waals surface area contributed by atoms with E-state index in [0.717, 1.165) is 43.9 Å². The minimum absolute atomic E-state index is 0.669. The monoisotopic (exact) mass is 273 g/mol. The Hall–Kier alpha value is -0.260. The molecule has 106 valence electrons. The number of likely N-dealkylation sites (N-methyl/N-ethyl adjacent to an activating group) is 1. The smallest absolute Gasteiger partial charge is 0.157 e. The van der Waals surface area contributed by atoms with Crippen LogP contribution < -0.4 is 5.32 Å². The molecule has 1 N–H and O–H groups in total. The highest BCUT2D eigenvalue weighted by Gasteiger charge is 2.19. The van der Waals surface area contributed by atoms with E-state index < -0.39 is 0 Å². The summed E-state index contributed by atoms with van der Waals surface area (Å²) < 4.78 is 5.53. The number of amidine groups is 1. The van der Waals surface area contributed by atoms with Crippen LogP contribution in [0.15, 0.2) is 4.99 Å². The predicted octanol–water partition coefficient (Wildman–Crippen LogP) is 1.67. The number of thioether (sulfide) groups is 1. The van der Waals surface area contributed by atoms with Crippen LogP contribution in [0, 0.1) is 5.92 Å². The Morgan fingerprint density at radius 3 is 2.89 bits per heavy atom. The average molecular weight is 273 g/mol. The van der Waals surface area contributed by atoms with Crippen LogP contribution in [-0.4, -0.2) is 62.3 Å². The zero-order valence-electron chi connectivity index (χ0n) is 12.1. The van der Waals surface area contributed by atoms with Gasteiger partial charge in [0.1, 0.15) is 0 Å². The number of hydrogen-bond donors (Lipinski definition) is 1. The molecule has 1 heterocycles. The summed E-state index contributed by atoms with van der Waals surface area (Å²) in [6, 6.07) is 0. The first-order chi connectivity index (χ1) is 8.58. The summed E-state index contributed by atoms with van der Waals surface area (Å²) in [5, 5.41) is 5.11. The van der Waals surface area contributed by atoms with Crippen molar-refractivity contribution in [3.05, 3.63) is 0 Å². The molecule has 5 heteroatoms. The molecule has 18 heavy (non-hydrogen) atoms. The predicted molar refractivity (Wildman–Crippen MR) is 80.5 cm³/mol. The van der Waals surface area contributed by atoms with Gasteiger partial charge in [-0.1, -0.05) is 25.6 Å². The minimum atomic E-state index is 0.669. The molecule has 0 aromatic rings. The summed E-state index contributed by atoms with van der Waals surface area (Å²) in [4.78, 5) is 6.65. The second kappa shape index (κ2) is 8.77. The molecule has 0 aromatic heterocycles. The van der Waals surface area contributed by atoms with Crippen LogP contribution in [0.3, 0.4) is 0 Å². The van der Waals surface area contributed by atoms with Crippen molar-refractivity contribution in [2.45, 2.75) is 25.5 Å². The molecule has 1 atom stereocenters. The van der Waals surface area contributed by atoms with Crippen LogP contribution in [0.4, 0.5) is 0 Å². The van der Waals surface area contributed by atoms with Crippen LogP contribution in [0.1, 0.15) is 20.3 Å². The van der Waals surface area contributed by atoms with Crippen LogP contribution in [0.2, 0.25) is 0 Å². The van der Waals surface area contributed by atoms with E-state index in [1.165, 1.54) is 6.42 Å². The summed E-state index contributed by atoms with van der Waals surface area (Å²) in [6.45, 7) is 8.88. The van der Waals surface area contributed by atoms with E-state index in [4.69, 9.17) is 4.74 Å². The largest absolute Gasteiger partial charge is 0.378 e. The van der Waals surface area contributed by atoms with Gasteiger partial charge in [0.15, 0.2) is 5.17 Å². The molecule has 0 aliphatic carbocycles. The second-order valence-corrected chi connectivity index (χ2v) is 6.65. The Labute approximate surface area is 116 Å². The van der Waals surface area contributed by atoms with E-state index in [0.29, 0.717) is 5.25 Å². The Kier molecular flexibility index (Phi) is 7.70. The third-order valence-corrected chi connectivity index (χ3v) is 3.83. The van der Waals surface area contributed by atoms with Gasteiger partial charge in [0, 0.05) is 18.3 Å². The molecule has 1 aliphatic heterocycles. The SMILES string of the molecule is CC(C)CC1CN=C(NCCOCCN(C)C)S1. The van der Waals surface area contributed by atoms with Gasteiger partial charge < -0.3 is 15.0 Å². The van der Waals surface area contributed by atoms with E-state index in [2.05, 4.69) is 43.2 Å². The number of rotatable bonds is 8. The van der Waals surface area contributed by atoms with E-state index in [-0.39, 0.29) is 0 Å². The van der Waals surface area contributed by atoms with Crippen molar-refractivity contribution < 1.29 is 4.74 Å². The highest BCUT2D eigenvalue weighted by Crippen LogP contribution is 2.25. The first-order valence-corrected chi connectivity index (χ1v) is 7.63. The van der Waals surface area contributed by atoms with Gasteiger partial charge in [0.2, 0.25) is 0 Å². The molecule has 4 nitrogen and oxygen atoms in total. The lowest BCUT2D eigenvalue weighted by molar-refractivity contribution is 0.122. The summed E-state index contributed by atoms with van der Waals surface area (Å²) in [5.41, 5.74) is 0. The fourth-order valence-electron chi connectivity index (χ4n) is 1.74. The quantitative estimate of drug-likeness (QED) is 0.683. The van der Waals surface area contributed by atoms with Gasteiger partial charge in [-0.05, 0) is 26.4 Å². The van der Waals surface area contributed by atoms with Crippen molar-refractivity contribution in [1.29, 1.82) is 0 Å². The maximum absolute atomic E-state index is 5.53. The molecular weight excluding hydrogens is 246 g/mol. The second-order valence-electron chi connectivity index (χ2n) is 5.36. The fourth-order valence-corrected chi connectivity index (χ4v) is 3.02. The molecule has 1 rings (SSSR count). The number of ether oxygens (including phenoxy) is 1. The molecule has 0 radical (unpaired) electrons. The molecule has 0 saturated heterocycles. The maximum Gasteiger partial charge on any atom is 0.157 e. The summed E-state index contributed by atoms with van der Waals surface area (Å²) >= 11 is 1.88. The third-order valence-electron chi connectivity index (χ3n) is 2.66. The van der Waals surface area contributed by atoms with Gasteiger partial charge in [-0.25, -0.2) is 0 Å². The summed E-state index contributed by atoms with van der Waals surface area (Å²) in [7, 11) is 4.11. The minimum Gasteiger partial charge on any atom is -0.378 e. The van der Waals surface area contributed by atoms with Gasteiger partial charge in [-0.2, -0.15) is 0 Å². The topological polar surface area (TPSA) is 36.9 Å². The van der Waals surface area contributed by atoms with E-state index >= 15 is 0 Å². The molecule has 0 aromatic carbocycles. The summed E-state index contributed by atoms with van der Waals surface area (Å²) in [5.74, 6) is 0.756. The molecule has 1 aliphatic rings. The number of nitrogens with one attached hydrogen (secondary N) is 1. The van der Waals surface area contributed by atoms with Crippen LogP contribution in [0.25, 0.3) is 0 Å². The van der Waals surface area contributed by atoms with Crippen LogP contribution >= 0.6 is 11.8 Å². The number of nitrogens with zero attached hydrogens (tertiary/aromatic N) is 2. The average Bonchev–Trinajstić information content (AvgIpc) is 2.69. The van der Waals surface area contributed by atoms with Crippen molar-refractivity contribution in [3.63, 3.8) is 0 Å². The normalized spacial score (nSPS) is 19.7. The van der Waals surface area contributed by atoms with Crippen molar-refractivity contribution >= 4 is 16.9 Å². The van der Waals surface area contributed by atoms with Crippen LogP contribution in [0.5, 0.6) is 0 Å². The molecule has 0 fully saturated rings. The standard InChI is InChI=1S/C13H27N3OS/c1-11(2)9-12-10-15-13(18-12)14-5-7-17-8-6-16(3)4/h11-12H,5-10H2,1-4H3,(H,14,15). The zero-order valence-corrected chi connectivity index (χ0v) is 12.9. The van der Waals surface area contributed by atoms with E-state index in [1.807, 2.05) is 11.8 Å². The molecular formula is C13H27N3OS. The van der Waals surface area contributed by atoms with Crippen molar-refractivity contribution in [1.82, 2.24) is 10.2 Å².